The molecule has 0 spiro atoms. The number of amidine groups is 1. The summed E-state index contributed by atoms with van der Waals surface area (Å²) in [6.45, 7) is 0. The normalized spacial score (nSPS) is 12.3. The molecule has 1 aliphatic heterocycles. The first kappa shape index (κ1) is 14.2. The fourth-order valence-electron chi connectivity index (χ4n) is 2.75. The minimum absolute atomic E-state index is 0.294. The molecule has 3 aromatic rings. The summed E-state index contributed by atoms with van der Waals surface area (Å²) in [5.41, 5.74) is 2.17. The summed E-state index contributed by atoms with van der Waals surface area (Å²) in [6, 6.07) is 16.6. The van der Waals surface area contributed by atoms with Crippen LogP contribution < -0.4 is 5.32 Å². The van der Waals surface area contributed by atoms with Crippen molar-refractivity contribution in [3.05, 3.63) is 75.8 Å². The van der Waals surface area contributed by atoms with Gasteiger partial charge < -0.3 is 5.32 Å². The highest BCUT2D eigenvalue weighted by Gasteiger charge is 2.20. The topological polar surface area (TPSA) is 41.5 Å². The zero-order valence-corrected chi connectivity index (χ0v) is 13.3. The summed E-state index contributed by atoms with van der Waals surface area (Å²) in [4.78, 5) is 17.0. The standard InChI is InChI=1S/C18H10Cl2N2O/c19-12-7-11(8-13(20)9-12)18(23)22-17-14-5-1-3-10-4-2-6-15(21-17)16(10)14/h1-9H,(H,21,22,23). The molecule has 1 heterocycles. The number of nitrogens with zero attached hydrogens (tertiary/aromatic N) is 1. The molecule has 0 fully saturated rings. The van der Waals surface area contributed by atoms with E-state index in [-0.39, 0.29) is 5.91 Å². The Labute approximate surface area is 142 Å². The van der Waals surface area contributed by atoms with Crippen LogP contribution in [-0.4, -0.2) is 11.7 Å². The molecule has 0 atom stereocenters. The molecule has 1 aliphatic rings. The number of amides is 1. The van der Waals surface area contributed by atoms with Crippen LogP contribution in [0.1, 0.15) is 15.9 Å². The molecule has 0 aliphatic carbocycles. The van der Waals surface area contributed by atoms with Crippen LogP contribution in [0.4, 0.5) is 5.69 Å². The smallest absolute Gasteiger partial charge is 0.256 e. The van der Waals surface area contributed by atoms with Gasteiger partial charge in [0.1, 0.15) is 5.84 Å². The van der Waals surface area contributed by atoms with Gasteiger partial charge in [-0.15, -0.1) is 0 Å². The van der Waals surface area contributed by atoms with E-state index in [9.17, 15) is 4.79 Å². The molecule has 5 heteroatoms. The highest BCUT2D eigenvalue weighted by Crippen LogP contribution is 2.34. The Morgan fingerprint density at radius 2 is 1.65 bits per heavy atom. The molecular weight excluding hydrogens is 331 g/mol. The highest BCUT2D eigenvalue weighted by atomic mass is 35.5. The summed E-state index contributed by atoms with van der Waals surface area (Å²) < 4.78 is 0. The molecule has 112 valence electrons. The van der Waals surface area contributed by atoms with Crippen molar-refractivity contribution in [3.63, 3.8) is 0 Å². The first-order valence-electron chi connectivity index (χ1n) is 7.00. The summed E-state index contributed by atoms with van der Waals surface area (Å²) in [7, 11) is 0. The van der Waals surface area contributed by atoms with Crippen LogP contribution in [-0.2, 0) is 0 Å². The molecule has 1 amide bonds. The Balaban J connectivity index is 1.71. The number of hydrogen-bond acceptors (Lipinski definition) is 2. The molecule has 1 N–H and O–H groups in total. The first-order valence-corrected chi connectivity index (χ1v) is 7.76. The minimum Gasteiger partial charge on any atom is -0.306 e. The number of carbonyl (C=O) groups excluding carboxylic acids is 1. The maximum absolute atomic E-state index is 12.5. The fourth-order valence-corrected chi connectivity index (χ4v) is 3.28. The van der Waals surface area contributed by atoms with Gasteiger partial charge in [-0.3, -0.25) is 4.79 Å². The van der Waals surface area contributed by atoms with Crippen LogP contribution in [0, 0.1) is 0 Å². The lowest BCUT2D eigenvalue weighted by Crippen LogP contribution is -2.30. The Kier molecular flexibility index (Phi) is 3.33. The zero-order valence-electron chi connectivity index (χ0n) is 11.8. The number of nitrogens with one attached hydrogen (secondary N) is 1. The predicted octanol–water partition coefficient (Wildman–Crippen LogP) is 4.97. The number of benzene rings is 3. The Bertz CT molecular complexity index is 970. The van der Waals surface area contributed by atoms with Gasteiger partial charge in [0.05, 0.1) is 5.69 Å². The van der Waals surface area contributed by atoms with Gasteiger partial charge in [-0.25, -0.2) is 4.99 Å². The largest absolute Gasteiger partial charge is 0.306 e. The summed E-state index contributed by atoms with van der Waals surface area (Å²) >= 11 is 11.9. The summed E-state index contributed by atoms with van der Waals surface area (Å²) in [5, 5.41) is 5.83. The Morgan fingerprint density at radius 3 is 2.39 bits per heavy atom. The van der Waals surface area contributed by atoms with Crippen molar-refractivity contribution < 1.29 is 4.79 Å². The van der Waals surface area contributed by atoms with Crippen molar-refractivity contribution >= 4 is 51.4 Å². The number of aliphatic imine (C=N–C) groups is 1. The molecular formula is C18H10Cl2N2O. The third-order valence-electron chi connectivity index (χ3n) is 3.73. The van der Waals surface area contributed by atoms with Crippen molar-refractivity contribution in [1.29, 1.82) is 0 Å². The van der Waals surface area contributed by atoms with E-state index in [1.165, 1.54) is 0 Å². The van der Waals surface area contributed by atoms with Crippen molar-refractivity contribution in [2.75, 3.05) is 0 Å². The van der Waals surface area contributed by atoms with Gasteiger partial charge in [0.2, 0.25) is 0 Å². The zero-order chi connectivity index (χ0) is 16.0. The summed E-state index contributed by atoms with van der Waals surface area (Å²) in [5.74, 6) is 0.246. The average molecular weight is 341 g/mol. The third kappa shape index (κ3) is 2.48. The van der Waals surface area contributed by atoms with Crippen molar-refractivity contribution in [2.45, 2.75) is 0 Å². The van der Waals surface area contributed by atoms with Crippen LogP contribution in [0.5, 0.6) is 0 Å². The lowest BCUT2D eigenvalue weighted by atomic mass is 10.0. The van der Waals surface area contributed by atoms with E-state index >= 15 is 0 Å². The number of carbonyl (C=O) groups is 1. The van der Waals surface area contributed by atoms with Crippen LogP contribution in [0.3, 0.4) is 0 Å². The van der Waals surface area contributed by atoms with E-state index in [0.29, 0.717) is 21.4 Å². The van der Waals surface area contributed by atoms with Crippen molar-refractivity contribution in [2.24, 2.45) is 4.99 Å². The number of rotatable bonds is 1. The minimum atomic E-state index is -0.294. The van der Waals surface area contributed by atoms with Gasteiger partial charge in [0.15, 0.2) is 0 Å². The fraction of sp³-hybridized carbons (Fsp3) is 0. The quantitative estimate of drug-likeness (QED) is 0.667. The van der Waals surface area contributed by atoms with Crippen LogP contribution in [0.2, 0.25) is 10.0 Å². The molecule has 3 aromatic carbocycles. The van der Waals surface area contributed by atoms with Crippen LogP contribution >= 0.6 is 23.2 Å². The van der Waals surface area contributed by atoms with Crippen LogP contribution in [0.15, 0.2) is 59.6 Å². The average Bonchev–Trinajstić information content (AvgIpc) is 2.87. The van der Waals surface area contributed by atoms with E-state index in [2.05, 4.69) is 10.3 Å². The van der Waals surface area contributed by atoms with E-state index < -0.39 is 0 Å². The second-order valence-electron chi connectivity index (χ2n) is 5.25. The third-order valence-corrected chi connectivity index (χ3v) is 4.16. The second kappa shape index (κ2) is 5.37. The van der Waals surface area contributed by atoms with Gasteiger partial charge in [0, 0.05) is 26.6 Å². The first-order chi connectivity index (χ1) is 11.1. The Hall–Kier alpha value is -2.36. The van der Waals surface area contributed by atoms with Gasteiger partial charge in [-0.1, -0.05) is 53.5 Å². The maximum Gasteiger partial charge on any atom is 0.256 e. The molecule has 0 unspecified atom stereocenters. The molecule has 0 saturated carbocycles. The lowest BCUT2D eigenvalue weighted by molar-refractivity contribution is 0.0977. The monoisotopic (exact) mass is 340 g/mol. The van der Waals surface area contributed by atoms with Crippen LogP contribution in [0.25, 0.3) is 10.8 Å². The molecule has 0 bridgehead atoms. The van der Waals surface area contributed by atoms with E-state index in [1.807, 2.05) is 36.4 Å². The molecule has 4 rings (SSSR count). The predicted molar refractivity (Wildman–Crippen MR) is 94.1 cm³/mol. The number of hydrogen-bond donors (Lipinski definition) is 1. The second-order valence-corrected chi connectivity index (χ2v) is 6.13. The van der Waals surface area contributed by atoms with Crippen molar-refractivity contribution in [1.82, 2.24) is 5.32 Å². The van der Waals surface area contributed by atoms with Gasteiger partial charge in [-0.2, -0.15) is 0 Å². The van der Waals surface area contributed by atoms with E-state index in [1.54, 1.807) is 18.2 Å². The van der Waals surface area contributed by atoms with Gasteiger partial charge >= 0.3 is 0 Å². The van der Waals surface area contributed by atoms with Gasteiger partial charge in [-0.05, 0) is 29.7 Å². The van der Waals surface area contributed by atoms with Crippen molar-refractivity contribution in [3.8, 4) is 0 Å². The maximum atomic E-state index is 12.5. The van der Waals surface area contributed by atoms with E-state index in [0.717, 1.165) is 22.0 Å². The highest BCUT2D eigenvalue weighted by molar-refractivity contribution is 6.35. The summed E-state index contributed by atoms with van der Waals surface area (Å²) in [6.07, 6.45) is 0. The molecule has 23 heavy (non-hydrogen) atoms. The molecule has 0 radical (unpaired) electrons. The molecule has 0 aromatic heterocycles. The lowest BCUT2D eigenvalue weighted by Gasteiger charge is -2.07. The molecule has 3 nitrogen and oxygen atoms in total. The number of halogens is 2. The SMILES string of the molecule is O=C(NC1=Nc2cccc3cccc1c23)c1cc(Cl)cc(Cl)c1. The Morgan fingerprint density at radius 1 is 0.957 bits per heavy atom. The van der Waals surface area contributed by atoms with Gasteiger partial charge in [0.25, 0.3) is 5.91 Å². The van der Waals surface area contributed by atoms with E-state index in [4.69, 9.17) is 23.2 Å². The molecule has 0 saturated heterocycles.